The molecule has 2 unspecified atom stereocenters. The lowest BCUT2D eigenvalue weighted by molar-refractivity contribution is -0.117. The normalized spacial score (nSPS) is 15.1. The fraction of sp³-hybridized carbons (Fsp3) is 0.318. The summed E-state index contributed by atoms with van der Waals surface area (Å²) in [6, 6.07) is 5.44. The van der Waals surface area contributed by atoms with Gasteiger partial charge >= 0.3 is 6.61 Å². The second-order valence-corrected chi connectivity index (χ2v) is 9.93. The van der Waals surface area contributed by atoms with E-state index in [-0.39, 0.29) is 16.7 Å². The average Bonchev–Trinajstić information content (AvgIpc) is 3.56. The zero-order valence-corrected chi connectivity index (χ0v) is 19.6. The lowest BCUT2D eigenvalue weighted by Gasteiger charge is -2.14. The van der Waals surface area contributed by atoms with Gasteiger partial charge in [0.2, 0.25) is 5.91 Å². The van der Waals surface area contributed by atoms with Crippen molar-refractivity contribution in [3.05, 3.63) is 53.6 Å². The van der Waals surface area contributed by atoms with Crippen molar-refractivity contribution in [3.63, 3.8) is 0 Å². The maximum absolute atomic E-state index is 14.8. The Morgan fingerprint density at radius 1 is 1.26 bits per heavy atom. The van der Waals surface area contributed by atoms with Crippen molar-refractivity contribution < 1.29 is 26.9 Å². The van der Waals surface area contributed by atoms with Gasteiger partial charge in [0, 0.05) is 17.1 Å². The van der Waals surface area contributed by atoms with Crippen molar-refractivity contribution in [2.24, 2.45) is 0 Å². The Morgan fingerprint density at radius 2 is 2.06 bits per heavy atom. The Bertz CT molecular complexity index is 1200. The highest BCUT2D eigenvalue weighted by Gasteiger charge is 2.29. The number of nitrogens with one attached hydrogen (secondary N) is 2. The van der Waals surface area contributed by atoms with E-state index in [1.807, 2.05) is 6.92 Å². The molecule has 1 fully saturated rings. The third-order valence-electron chi connectivity index (χ3n) is 5.12. The van der Waals surface area contributed by atoms with Gasteiger partial charge in [-0.2, -0.15) is 8.78 Å². The van der Waals surface area contributed by atoms with Crippen molar-refractivity contribution in [1.29, 1.82) is 0 Å². The molecule has 4 rings (SSSR count). The number of thiazole rings is 1. The third-order valence-corrected chi connectivity index (χ3v) is 7.49. The third kappa shape index (κ3) is 5.92. The number of amides is 1. The molecular formula is C22H21F3N4O3S2. The minimum absolute atomic E-state index is 0.0245. The number of benzene rings is 1. The molecule has 7 nitrogen and oxygen atoms in total. The van der Waals surface area contributed by atoms with Crippen LogP contribution in [0, 0.1) is 5.82 Å². The Labute approximate surface area is 200 Å². The molecule has 0 aliphatic heterocycles. The van der Waals surface area contributed by atoms with Crippen LogP contribution in [0.5, 0.6) is 5.75 Å². The summed E-state index contributed by atoms with van der Waals surface area (Å²) in [4.78, 5) is 21.1. The van der Waals surface area contributed by atoms with E-state index in [1.165, 1.54) is 35.7 Å². The van der Waals surface area contributed by atoms with Gasteiger partial charge in [0.1, 0.15) is 22.6 Å². The summed E-state index contributed by atoms with van der Waals surface area (Å²) in [5, 5.41) is 4.94. The summed E-state index contributed by atoms with van der Waals surface area (Å²) >= 11 is 1.27. The van der Waals surface area contributed by atoms with Crippen LogP contribution in [0.15, 0.2) is 42.0 Å². The van der Waals surface area contributed by atoms with Crippen molar-refractivity contribution in [1.82, 2.24) is 9.97 Å². The Kier molecular flexibility index (Phi) is 7.47. The maximum Gasteiger partial charge on any atom is 0.387 e. The van der Waals surface area contributed by atoms with E-state index >= 15 is 0 Å². The van der Waals surface area contributed by atoms with Crippen molar-refractivity contribution in [2.75, 3.05) is 10.0 Å². The molecule has 180 valence electrons. The Morgan fingerprint density at radius 3 is 2.74 bits per heavy atom. The molecule has 0 radical (unpaired) electrons. The summed E-state index contributed by atoms with van der Waals surface area (Å²) in [6.45, 7) is -1.18. The molecular weight excluding hydrogens is 489 g/mol. The van der Waals surface area contributed by atoms with E-state index in [0.717, 1.165) is 19.0 Å². The number of ether oxygens (including phenoxy) is 1. The number of hydrogen-bond acceptors (Lipinski definition) is 6. The molecule has 2 heterocycles. The van der Waals surface area contributed by atoms with Crippen molar-refractivity contribution in [2.45, 2.75) is 44.0 Å². The predicted octanol–water partition coefficient (Wildman–Crippen LogP) is 5.32. The Hall–Kier alpha value is -2.99. The van der Waals surface area contributed by atoms with Gasteiger partial charge in [-0.25, -0.2) is 13.6 Å². The largest absolute Gasteiger partial charge is 0.433 e. The molecule has 1 aliphatic carbocycles. The first-order valence-electron chi connectivity index (χ1n) is 10.5. The second kappa shape index (κ2) is 10.5. The number of carbonyl (C=O) groups is 1. The number of pyridine rings is 1. The molecule has 0 saturated heterocycles. The van der Waals surface area contributed by atoms with Crippen LogP contribution < -0.4 is 14.8 Å². The minimum Gasteiger partial charge on any atom is -0.433 e. The lowest BCUT2D eigenvalue weighted by Crippen LogP contribution is -2.21. The van der Waals surface area contributed by atoms with E-state index in [1.54, 1.807) is 11.4 Å². The molecule has 0 spiro atoms. The Balaban J connectivity index is 1.45. The monoisotopic (exact) mass is 510 g/mol. The zero-order valence-electron chi connectivity index (χ0n) is 18.0. The molecule has 34 heavy (non-hydrogen) atoms. The van der Waals surface area contributed by atoms with Crippen LogP contribution in [-0.2, 0) is 15.8 Å². The van der Waals surface area contributed by atoms with Crippen LogP contribution in [0.4, 0.5) is 24.0 Å². The molecule has 12 heteroatoms. The van der Waals surface area contributed by atoms with Gasteiger partial charge in [0.25, 0.3) is 0 Å². The predicted molar refractivity (Wildman–Crippen MR) is 125 cm³/mol. The summed E-state index contributed by atoms with van der Waals surface area (Å²) in [5.41, 5.74) is 1.25. The maximum atomic E-state index is 14.8. The summed E-state index contributed by atoms with van der Waals surface area (Å²) in [6.07, 6.45) is 4.81. The SMILES string of the molecule is CCC(C(=O)Nc1ccc(-c2cncc(OC(F)F)c2)cc1F)c1csc(NS(=O)C2CC2)n1. The molecule has 1 aliphatic rings. The molecule has 2 N–H and O–H groups in total. The average molecular weight is 511 g/mol. The smallest absolute Gasteiger partial charge is 0.387 e. The van der Waals surface area contributed by atoms with Crippen LogP contribution in [0.1, 0.15) is 37.8 Å². The summed E-state index contributed by atoms with van der Waals surface area (Å²) in [5.74, 6) is -1.88. The van der Waals surface area contributed by atoms with Crippen LogP contribution >= 0.6 is 11.3 Å². The number of rotatable bonds is 10. The van der Waals surface area contributed by atoms with Gasteiger partial charge in [0.15, 0.2) is 5.13 Å². The van der Waals surface area contributed by atoms with E-state index in [2.05, 4.69) is 24.7 Å². The highest BCUT2D eigenvalue weighted by molar-refractivity contribution is 7.87. The molecule has 1 aromatic carbocycles. The number of halogens is 3. The first-order valence-corrected chi connectivity index (χ1v) is 12.6. The van der Waals surface area contributed by atoms with E-state index in [9.17, 15) is 22.2 Å². The van der Waals surface area contributed by atoms with Crippen LogP contribution in [0.2, 0.25) is 0 Å². The van der Waals surface area contributed by atoms with Gasteiger partial charge in [-0.15, -0.1) is 11.3 Å². The van der Waals surface area contributed by atoms with E-state index in [0.29, 0.717) is 28.4 Å². The number of nitrogens with zero attached hydrogens (tertiary/aromatic N) is 2. The van der Waals surface area contributed by atoms with Gasteiger partial charge in [0.05, 0.1) is 28.7 Å². The van der Waals surface area contributed by atoms with Gasteiger partial charge in [-0.05, 0) is 43.0 Å². The second-order valence-electron chi connectivity index (χ2n) is 7.61. The molecule has 3 aromatic rings. The quantitative estimate of drug-likeness (QED) is 0.385. The van der Waals surface area contributed by atoms with Crippen LogP contribution in [-0.4, -0.2) is 31.9 Å². The topological polar surface area (TPSA) is 93.2 Å². The highest BCUT2D eigenvalue weighted by atomic mass is 32.2. The highest BCUT2D eigenvalue weighted by Crippen LogP contribution is 2.31. The minimum atomic E-state index is -3.00. The summed E-state index contributed by atoms with van der Waals surface area (Å²) in [7, 11) is -1.18. The number of hydrogen-bond donors (Lipinski definition) is 2. The van der Waals surface area contributed by atoms with Gasteiger partial charge in [-0.1, -0.05) is 13.0 Å². The molecule has 2 aromatic heterocycles. The van der Waals surface area contributed by atoms with Gasteiger partial charge in [-0.3, -0.25) is 14.5 Å². The number of alkyl halides is 2. The fourth-order valence-corrected chi connectivity index (χ4v) is 5.23. The molecule has 2 atom stereocenters. The fourth-order valence-electron chi connectivity index (χ4n) is 3.23. The lowest BCUT2D eigenvalue weighted by atomic mass is 10.0. The van der Waals surface area contributed by atoms with Crippen molar-refractivity contribution in [3.8, 4) is 16.9 Å². The zero-order chi connectivity index (χ0) is 24.2. The van der Waals surface area contributed by atoms with Crippen molar-refractivity contribution >= 4 is 39.0 Å². The van der Waals surface area contributed by atoms with Crippen LogP contribution in [0.25, 0.3) is 11.1 Å². The van der Waals surface area contributed by atoms with E-state index < -0.39 is 35.2 Å². The molecule has 1 amide bonds. The summed E-state index contributed by atoms with van der Waals surface area (Å²) < 4.78 is 58.9. The first kappa shape index (κ1) is 24.1. The standard InChI is InChI=1S/C22H21F3N4O3S2/c1-2-16(19-11-33-22(28-19)29-34(31)15-4-5-15)20(30)27-18-6-3-12(8-17(18)23)13-7-14(10-26-9-13)32-21(24)25/h3,6-11,15-16,21H,2,4-5H2,1H3,(H,27,30)(H,28,29). The number of anilines is 2. The van der Waals surface area contributed by atoms with Crippen LogP contribution in [0.3, 0.4) is 0 Å². The van der Waals surface area contributed by atoms with E-state index in [4.69, 9.17) is 0 Å². The molecule has 0 bridgehead atoms. The first-order chi connectivity index (χ1) is 16.3. The number of aromatic nitrogens is 2. The van der Waals surface area contributed by atoms with Gasteiger partial charge < -0.3 is 10.1 Å². The molecule has 1 saturated carbocycles. The number of carbonyl (C=O) groups excluding carboxylic acids is 1.